The minimum atomic E-state index is -4.07. The number of ether oxygens (including phenoxy) is 1. The van der Waals surface area contributed by atoms with E-state index in [9.17, 15) is 22.8 Å². The van der Waals surface area contributed by atoms with Gasteiger partial charge in [0.1, 0.15) is 12.1 Å². The van der Waals surface area contributed by atoms with Gasteiger partial charge in [0.2, 0.25) is 15.9 Å². The van der Waals surface area contributed by atoms with E-state index in [0.717, 1.165) is 12.0 Å². The molecule has 1 heterocycles. The summed E-state index contributed by atoms with van der Waals surface area (Å²) in [6, 6.07) is 10.9. The van der Waals surface area contributed by atoms with Crippen molar-refractivity contribution in [2.24, 2.45) is 5.73 Å². The first-order valence-corrected chi connectivity index (χ1v) is 13.3. The fourth-order valence-corrected chi connectivity index (χ4v) is 4.90. The van der Waals surface area contributed by atoms with Crippen molar-refractivity contribution < 1.29 is 27.5 Å². The van der Waals surface area contributed by atoms with E-state index in [1.807, 2.05) is 6.92 Å². The summed E-state index contributed by atoms with van der Waals surface area (Å²) in [5.41, 5.74) is 7.47. The molecule has 0 spiro atoms. The van der Waals surface area contributed by atoms with E-state index in [-0.39, 0.29) is 17.2 Å². The maximum atomic E-state index is 13.0. The number of nitrogens with one attached hydrogen (secondary N) is 3. The third kappa shape index (κ3) is 7.95. The van der Waals surface area contributed by atoms with Gasteiger partial charge in [-0.3, -0.25) is 4.79 Å². The van der Waals surface area contributed by atoms with Gasteiger partial charge in [-0.15, -0.1) is 0 Å². The molecule has 1 saturated heterocycles. The number of sulfonamides is 1. The molecule has 10 nitrogen and oxygen atoms in total. The minimum absolute atomic E-state index is 0.00905. The van der Waals surface area contributed by atoms with Crippen molar-refractivity contribution in [1.29, 1.82) is 0 Å². The largest absolute Gasteiger partial charge is 0.391 e. The Hall–Kier alpha value is -3.12. The first kappa shape index (κ1) is 27.5. The molecule has 2 aromatic carbocycles. The maximum absolute atomic E-state index is 13.0. The van der Waals surface area contributed by atoms with E-state index in [1.165, 1.54) is 12.1 Å². The van der Waals surface area contributed by atoms with Crippen LogP contribution in [0.4, 0.5) is 5.69 Å². The molecular formula is C25H32N4O6S. The Morgan fingerprint density at radius 1 is 1.11 bits per heavy atom. The van der Waals surface area contributed by atoms with E-state index in [2.05, 4.69) is 15.4 Å². The number of nitrogens with two attached hydrogens (primary N) is 1. The first-order valence-electron chi connectivity index (χ1n) is 11.8. The van der Waals surface area contributed by atoms with Crippen LogP contribution in [0.5, 0.6) is 0 Å². The first-order chi connectivity index (χ1) is 17.2. The van der Waals surface area contributed by atoms with Gasteiger partial charge in [0.25, 0.3) is 0 Å². The summed E-state index contributed by atoms with van der Waals surface area (Å²) in [6.45, 7) is 2.89. The highest BCUT2D eigenvalue weighted by molar-refractivity contribution is 7.89. The summed E-state index contributed by atoms with van der Waals surface area (Å²) in [7, 11) is -4.07. The van der Waals surface area contributed by atoms with Crippen LogP contribution in [0.2, 0.25) is 0 Å². The van der Waals surface area contributed by atoms with E-state index in [1.54, 1.807) is 36.4 Å². The van der Waals surface area contributed by atoms with Crippen LogP contribution in [0, 0.1) is 6.92 Å². The number of hydrogen-bond donors (Lipinski definition) is 4. The van der Waals surface area contributed by atoms with Crippen molar-refractivity contribution in [3.63, 3.8) is 0 Å². The van der Waals surface area contributed by atoms with Crippen LogP contribution in [0.25, 0.3) is 0 Å². The van der Waals surface area contributed by atoms with Crippen LogP contribution in [-0.2, 0) is 35.6 Å². The monoisotopic (exact) mass is 516 g/mol. The number of carbonyl (C=O) groups excluding carboxylic acids is 3. The molecule has 0 saturated carbocycles. The highest BCUT2D eigenvalue weighted by atomic mass is 32.2. The van der Waals surface area contributed by atoms with Crippen molar-refractivity contribution >= 4 is 33.6 Å². The normalized spacial score (nSPS) is 16.3. The molecule has 1 aliphatic rings. The van der Waals surface area contributed by atoms with Crippen molar-refractivity contribution in [2.75, 3.05) is 18.4 Å². The van der Waals surface area contributed by atoms with Gasteiger partial charge in [0.15, 0.2) is 0 Å². The summed E-state index contributed by atoms with van der Waals surface area (Å²) in [4.78, 5) is 37.2. The molecule has 0 bridgehead atoms. The predicted octanol–water partition coefficient (Wildman–Crippen LogP) is 1.38. The Labute approximate surface area is 211 Å². The average Bonchev–Trinajstić information content (AvgIpc) is 3.39. The van der Waals surface area contributed by atoms with Crippen molar-refractivity contribution in [3.8, 4) is 0 Å². The molecule has 0 aliphatic carbocycles. The van der Waals surface area contributed by atoms with Crippen molar-refractivity contribution in [2.45, 2.75) is 56.0 Å². The highest BCUT2D eigenvalue weighted by Crippen LogP contribution is 2.16. The molecule has 5 N–H and O–H groups in total. The Balaban J connectivity index is 1.75. The molecule has 11 heteroatoms. The lowest BCUT2D eigenvalue weighted by atomic mass is 10.1. The molecule has 0 unspecified atom stereocenters. The van der Waals surface area contributed by atoms with E-state index < -0.39 is 34.0 Å². The number of rotatable bonds is 11. The SMILES string of the molecule is Cc1ccc(S(=O)(=O)N[C@@H](Cc2ccc(NC(=O)CCCN)cc2)C(=O)OC(=O)[C@@H]2CCCN2)cc1. The van der Waals surface area contributed by atoms with E-state index in [0.29, 0.717) is 43.6 Å². The molecule has 3 rings (SSSR count). The number of amides is 1. The van der Waals surface area contributed by atoms with Gasteiger partial charge in [-0.1, -0.05) is 29.8 Å². The minimum Gasteiger partial charge on any atom is -0.391 e. The maximum Gasteiger partial charge on any atom is 0.332 e. The fraction of sp³-hybridized carbons (Fsp3) is 0.400. The zero-order chi connectivity index (χ0) is 26.1. The molecule has 1 fully saturated rings. The second kappa shape index (κ2) is 12.7. The highest BCUT2D eigenvalue weighted by Gasteiger charge is 2.32. The lowest BCUT2D eigenvalue weighted by molar-refractivity contribution is -0.162. The number of hydrogen-bond acceptors (Lipinski definition) is 8. The standard InChI is InChI=1S/C25H32N4O6S/c1-17-6-12-20(13-7-17)36(33,34)29-22(25(32)35-24(31)21-4-3-15-27-21)16-18-8-10-19(11-9-18)28-23(30)5-2-14-26/h6-13,21-22,27,29H,2-5,14-16,26H2,1H3,(H,28,30)/t21-,22-/m0/s1. The lowest BCUT2D eigenvalue weighted by Gasteiger charge is -2.19. The molecule has 36 heavy (non-hydrogen) atoms. The molecule has 0 radical (unpaired) electrons. The number of benzene rings is 2. The molecule has 0 aromatic heterocycles. The van der Waals surface area contributed by atoms with Gasteiger partial charge < -0.3 is 21.1 Å². The Morgan fingerprint density at radius 2 is 1.81 bits per heavy atom. The van der Waals surface area contributed by atoms with Crippen LogP contribution in [0.3, 0.4) is 0 Å². The van der Waals surface area contributed by atoms with Gasteiger partial charge in [0.05, 0.1) is 4.90 Å². The number of anilines is 1. The van der Waals surface area contributed by atoms with Gasteiger partial charge in [-0.25, -0.2) is 18.0 Å². The van der Waals surface area contributed by atoms with E-state index in [4.69, 9.17) is 10.5 Å². The quantitative estimate of drug-likeness (QED) is 0.258. The summed E-state index contributed by atoms with van der Waals surface area (Å²) in [6.07, 6.45) is 2.15. The van der Waals surface area contributed by atoms with Crippen LogP contribution in [0.1, 0.15) is 36.8 Å². The third-order valence-corrected chi connectivity index (χ3v) is 7.23. The van der Waals surface area contributed by atoms with Gasteiger partial charge in [0, 0.05) is 12.1 Å². The van der Waals surface area contributed by atoms with Gasteiger partial charge >= 0.3 is 11.9 Å². The number of esters is 2. The van der Waals surface area contributed by atoms with Gasteiger partial charge in [-0.2, -0.15) is 4.72 Å². The third-order valence-electron chi connectivity index (χ3n) is 5.74. The van der Waals surface area contributed by atoms with Crippen LogP contribution in [0.15, 0.2) is 53.4 Å². The molecule has 194 valence electrons. The molecule has 2 atom stereocenters. The molecule has 1 aliphatic heterocycles. The zero-order valence-electron chi connectivity index (χ0n) is 20.2. The van der Waals surface area contributed by atoms with Crippen molar-refractivity contribution in [3.05, 3.63) is 59.7 Å². The Kier molecular flexibility index (Phi) is 9.71. The topological polar surface area (TPSA) is 157 Å². The summed E-state index contributed by atoms with van der Waals surface area (Å²) < 4.78 is 33.4. The summed E-state index contributed by atoms with van der Waals surface area (Å²) in [5.74, 6) is -1.88. The molecular weight excluding hydrogens is 484 g/mol. The second-order valence-electron chi connectivity index (χ2n) is 8.72. The van der Waals surface area contributed by atoms with Gasteiger partial charge in [-0.05, 0) is 75.5 Å². The number of aryl methyl sites for hydroxylation is 1. The Morgan fingerprint density at radius 3 is 2.42 bits per heavy atom. The Bertz CT molecular complexity index is 1160. The molecule has 2 aromatic rings. The van der Waals surface area contributed by atoms with Crippen LogP contribution < -0.4 is 21.1 Å². The van der Waals surface area contributed by atoms with E-state index >= 15 is 0 Å². The van der Waals surface area contributed by atoms with Crippen molar-refractivity contribution in [1.82, 2.24) is 10.0 Å². The van der Waals surface area contributed by atoms with Crippen LogP contribution in [-0.4, -0.2) is 51.4 Å². The fourth-order valence-electron chi connectivity index (χ4n) is 3.72. The second-order valence-corrected chi connectivity index (χ2v) is 10.4. The molecule has 1 amide bonds. The lowest BCUT2D eigenvalue weighted by Crippen LogP contribution is -2.45. The number of carbonyl (C=O) groups is 3. The predicted molar refractivity (Wildman–Crippen MR) is 134 cm³/mol. The zero-order valence-corrected chi connectivity index (χ0v) is 21.0. The summed E-state index contributed by atoms with van der Waals surface area (Å²) in [5, 5.41) is 5.71. The summed E-state index contributed by atoms with van der Waals surface area (Å²) >= 11 is 0. The van der Waals surface area contributed by atoms with Crippen LogP contribution >= 0.6 is 0 Å². The smallest absolute Gasteiger partial charge is 0.332 e. The average molecular weight is 517 g/mol.